The largest absolute Gasteiger partial charge is 0.383 e. The SMILES string of the molecule is COCCn1c(CN(C)CC2COCCO2)cnc1S(=O)(=O)CC1CCCCC1. The Bertz CT molecular complexity index is 724. The van der Waals surface area contributed by atoms with E-state index in [-0.39, 0.29) is 22.9 Å². The molecule has 0 aromatic carbocycles. The van der Waals surface area contributed by atoms with E-state index in [1.54, 1.807) is 13.3 Å². The van der Waals surface area contributed by atoms with Crippen molar-refractivity contribution >= 4 is 9.84 Å². The molecule has 1 saturated heterocycles. The molecule has 1 aliphatic carbocycles. The molecule has 1 unspecified atom stereocenters. The quantitative estimate of drug-likeness (QED) is 0.560. The third-order valence-electron chi connectivity index (χ3n) is 5.71. The van der Waals surface area contributed by atoms with Gasteiger partial charge in [0.15, 0.2) is 0 Å². The zero-order chi connectivity index (χ0) is 20.7. The molecule has 3 rings (SSSR count). The van der Waals surface area contributed by atoms with Crippen LogP contribution in [-0.2, 0) is 37.1 Å². The number of imidazole rings is 1. The average molecular weight is 430 g/mol. The Hall–Kier alpha value is -1.000. The van der Waals surface area contributed by atoms with Crippen LogP contribution in [0.2, 0.25) is 0 Å². The minimum absolute atomic E-state index is 0.0404. The lowest BCUT2D eigenvalue weighted by atomic mass is 9.91. The zero-order valence-electron chi connectivity index (χ0n) is 17.7. The molecule has 1 aliphatic heterocycles. The van der Waals surface area contributed by atoms with Crippen molar-refractivity contribution in [3.63, 3.8) is 0 Å². The van der Waals surface area contributed by atoms with Crippen LogP contribution in [0.1, 0.15) is 37.8 Å². The van der Waals surface area contributed by atoms with Crippen molar-refractivity contribution in [2.75, 3.05) is 52.9 Å². The normalized spacial score (nSPS) is 21.7. The third-order valence-corrected chi connectivity index (χ3v) is 7.50. The molecule has 0 radical (unpaired) electrons. The molecule has 9 heteroatoms. The summed E-state index contributed by atoms with van der Waals surface area (Å²) in [6, 6.07) is 0. The second-order valence-corrected chi connectivity index (χ2v) is 10.2. The van der Waals surface area contributed by atoms with E-state index < -0.39 is 9.84 Å². The Balaban J connectivity index is 1.71. The Morgan fingerprint density at radius 3 is 2.76 bits per heavy atom. The van der Waals surface area contributed by atoms with Gasteiger partial charge in [0.25, 0.3) is 0 Å². The fourth-order valence-electron chi connectivity index (χ4n) is 4.26. The summed E-state index contributed by atoms with van der Waals surface area (Å²) in [5, 5.41) is 0.181. The number of hydrogen-bond acceptors (Lipinski definition) is 7. The zero-order valence-corrected chi connectivity index (χ0v) is 18.5. The number of sulfone groups is 1. The van der Waals surface area contributed by atoms with E-state index in [0.29, 0.717) is 39.5 Å². The van der Waals surface area contributed by atoms with Gasteiger partial charge in [0, 0.05) is 26.7 Å². The van der Waals surface area contributed by atoms with Gasteiger partial charge in [0.1, 0.15) is 0 Å². The van der Waals surface area contributed by atoms with Crippen LogP contribution in [-0.4, -0.2) is 81.9 Å². The molecule has 0 N–H and O–H groups in total. The highest BCUT2D eigenvalue weighted by molar-refractivity contribution is 7.91. The van der Waals surface area contributed by atoms with Crippen molar-refractivity contribution in [1.29, 1.82) is 0 Å². The van der Waals surface area contributed by atoms with Crippen molar-refractivity contribution in [3.8, 4) is 0 Å². The molecule has 0 bridgehead atoms. The highest BCUT2D eigenvalue weighted by Gasteiger charge is 2.28. The minimum atomic E-state index is -3.43. The summed E-state index contributed by atoms with van der Waals surface area (Å²) in [7, 11) is 0.196. The predicted molar refractivity (Wildman–Crippen MR) is 110 cm³/mol. The molecule has 0 amide bonds. The van der Waals surface area contributed by atoms with Crippen LogP contribution in [0.3, 0.4) is 0 Å². The van der Waals surface area contributed by atoms with Crippen LogP contribution in [0.4, 0.5) is 0 Å². The van der Waals surface area contributed by atoms with E-state index in [0.717, 1.165) is 37.9 Å². The molecule has 0 spiro atoms. The molecule has 2 aliphatic rings. The lowest BCUT2D eigenvalue weighted by Gasteiger charge is -2.27. The summed E-state index contributed by atoms with van der Waals surface area (Å²) in [5.41, 5.74) is 0.878. The first-order valence-corrected chi connectivity index (χ1v) is 12.3. The topological polar surface area (TPSA) is 82.9 Å². The summed E-state index contributed by atoms with van der Waals surface area (Å²) < 4.78 is 44.5. The molecule has 166 valence electrons. The number of nitrogens with zero attached hydrogens (tertiary/aromatic N) is 3. The lowest BCUT2D eigenvalue weighted by molar-refractivity contribution is -0.0964. The van der Waals surface area contributed by atoms with Gasteiger partial charge in [-0.25, -0.2) is 13.4 Å². The van der Waals surface area contributed by atoms with Gasteiger partial charge in [-0.3, -0.25) is 4.90 Å². The average Bonchev–Trinajstić information content (AvgIpc) is 3.10. The van der Waals surface area contributed by atoms with Crippen molar-refractivity contribution in [2.45, 2.75) is 56.5 Å². The maximum Gasteiger partial charge on any atom is 0.227 e. The maximum atomic E-state index is 13.1. The van der Waals surface area contributed by atoms with Crippen LogP contribution in [0.25, 0.3) is 0 Å². The van der Waals surface area contributed by atoms with E-state index in [1.165, 1.54) is 6.42 Å². The molecule has 1 atom stereocenters. The molecule has 2 fully saturated rings. The molecule has 2 heterocycles. The van der Waals surface area contributed by atoms with Crippen molar-refractivity contribution < 1.29 is 22.6 Å². The summed E-state index contributed by atoms with van der Waals surface area (Å²) in [5.74, 6) is 0.440. The Kier molecular flexibility index (Phi) is 8.49. The molecular weight excluding hydrogens is 394 g/mol. The number of methoxy groups -OCH3 is 1. The molecular formula is C20H35N3O5S. The number of aromatic nitrogens is 2. The number of likely N-dealkylation sites (N-methyl/N-ethyl adjacent to an activating group) is 1. The Morgan fingerprint density at radius 2 is 2.07 bits per heavy atom. The molecule has 1 aromatic heterocycles. The maximum absolute atomic E-state index is 13.1. The van der Waals surface area contributed by atoms with Crippen LogP contribution >= 0.6 is 0 Å². The Labute approximate surface area is 174 Å². The van der Waals surface area contributed by atoms with Crippen molar-refractivity contribution in [1.82, 2.24) is 14.5 Å². The molecule has 1 saturated carbocycles. The van der Waals surface area contributed by atoms with E-state index >= 15 is 0 Å². The minimum Gasteiger partial charge on any atom is -0.383 e. The lowest BCUT2D eigenvalue weighted by Crippen LogP contribution is -2.38. The first kappa shape index (κ1) is 22.7. The fourth-order valence-corrected chi connectivity index (χ4v) is 6.12. The Morgan fingerprint density at radius 1 is 1.28 bits per heavy atom. The second kappa shape index (κ2) is 10.9. The number of rotatable bonds is 10. The molecule has 8 nitrogen and oxygen atoms in total. The van der Waals surface area contributed by atoms with Gasteiger partial charge >= 0.3 is 0 Å². The number of ether oxygens (including phenoxy) is 3. The van der Waals surface area contributed by atoms with Gasteiger partial charge in [-0.2, -0.15) is 0 Å². The van der Waals surface area contributed by atoms with E-state index in [2.05, 4.69) is 9.88 Å². The summed E-state index contributed by atoms with van der Waals surface area (Å²) >= 11 is 0. The van der Waals surface area contributed by atoms with Crippen LogP contribution < -0.4 is 0 Å². The molecule has 29 heavy (non-hydrogen) atoms. The standard InChI is InChI=1S/C20H35N3O5S/c1-22(14-19-15-27-10-11-28-19)13-18-12-21-20(23(18)8-9-26-2)29(24,25)16-17-6-4-3-5-7-17/h12,17,19H,3-11,13-16H2,1-2H3. The highest BCUT2D eigenvalue weighted by atomic mass is 32.2. The monoisotopic (exact) mass is 429 g/mol. The summed E-state index contributed by atoms with van der Waals surface area (Å²) in [6.07, 6.45) is 7.19. The predicted octanol–water partition coefficient (Wildman–Crippen LogP) is 1.73. The summed E-state index contributed by atoms with van der Waals surface area (Å²) in [6.45, 7) is 4.09. The van der Waals surface area contributed by atoms with Crippen LogP contribution in [0.15, 0.2) is 11.4 Å². The first-order valence-electron chi connectivity index (χ1n) is 10.6. The van der Waals surface area contributed by atoms with Gasteiger partial charge < -0.3 is 18.8 Å². The van der Waals surface area contributed by atoms with Gasteiger partial charge in [-0.05, 0) is 25.8 Å². The van der Waals surface area contributed by atoms with Crippen LogP contribution in [0, 0.1) is 5.92 Å². The molecule has 1 aromatic rings. The van der Waals surface area contributed by atoms with Crippen molar-refractivity contribution in [2.24, 2.45) is 5.92 Å². The van der Waals surface area contributed by atoms with Crippen LogP contribution in [0.5, 0.6) is 0 Å². The third kappa shape index (κ3) is 6.49. The first-order chi connectivity index (χ1) is 14.0. The second-order valence-electron chi connectivity index (χ2n) is 8.23. The van der Waals surface area contributed by atoms with Gasteiger partial charge in [-0.15, -0.1) is 0 Å². The smallest absolute Gasteiger partial charge is 0.227 e. The van der Waals surface area contributed by atoms with Crippen molar-refractivity contribution in [3.05, 3.63) is 11.9 Å². The summed E-state index contributed by atoms with van der Waals surface area (Å²) in [4.78, 5) is 6.47. The highest BCUT2D eigenvalue weighted by Crippen LogP contribution is 2.27. The fraction of sp³-hybridized carbons (Fsp3) is 0.850. The van der Waals surface area contributed by atoms with E-state index in [1.807, 2.05) is 11.6 Å². The van der Waals surface area contributed by atoms with E-state index in [9.17, 15) is 8.42 Å². The number of hydrogen-bond donors (Lipinski definition) is 0. The van der Waals surface area contributed by atoms with Gasteiger partial charge in [-0.1, -0.05) is 19.3 Å². The van der Waals surface area contributed by atoms with Gasteiger partial charge in [0.2, 0.25) is 15.0 Å². The van der Waals surface area contributed by atoms with Gasteiger partial charge in [0.05, 0.1) is 50.2 Å². The van der Waals surface area contributed by atoms with E-state index in [4.69, 9.17) is 14.2 Å².